The van der Waals surface area contributed by atoms with E-state index in [1.807, 2.05) is 13.8 Å². The topological polar surface area (TPSA) is 38.0 Å². The summed E-state index contributed by atoms with van der Waals surface area (Å²) in [6, 6.07) is 1.23. The molecule has 7 heavy (non-hydrogen) atoms. The van der Waals surface area contributed by atoms with E-state index in [0.29, 0.717) is 6.54 Å². The van der Waals surface area contributed by atoms with Gasteiger partial charge in [-0.25, -0.2) is 0 Å². The highest BCUT2D eigenvalue weighted by Gasteiger charge is 1.86. The molecule has 0 aliphatic carbocycles. The van der Waals surface area contributed by atoms with Crippen LogP contribution in [0.5, 0.6) is 0 Å². The van der Waals surface area contributed by atoms with E-state index in [1.54, 1.807) is 0 Å². The van der Waals surface area contributed by atoms with Crippen LogP contribution in [0.1, 0.15) is 13.8 Å². The summed E-state index contributed by atoms with van der Waals surface area (Å²) in [5, 5.41) is 3.09. The fourth-order valence-electron chi connectivity index (χ4n) is 0.322. The molecule has 0 bridgehead atoms. The second kappa shape index (κ2) is 4.09. The van der Waals surface area contributed by atoms with Crippen LogP contribution in [-0.4, -0.2) is 13.1 Å². The summed E-state index contributed by atoms with van der Waals surface area (Å²) in [5.41, 5.74) is 5.20. The molecular formula is C5H13N2. The number of rotatable bonds is 3. The predicted octanol–water partition coefficient (Wildman–Crippen LogP) is 0.106. The number of hydrogen-bond donors (Lipinski definition) is 2. The first kappa shape index (κ1) is 6.92. The third kappa shape index (κ3) is 5.92. The van der Waals surface area contributed by atoms with Crippen molar-refractivity contribution in [3.8, 4) is 0 Å². The van der Waals surface area contributed by atoms with Gasteiger partial charge in [-0.3, -0.25) is 0 Å². The van der Waals surface area contributed by atoms with Crippen LogP contribution in [0.4, 0.5) is 0 Å². The summed E-state index contributed by atoms with van der Waals surface area (Å²) >= 11 is 0. The smallest absolute Gasteiger partial charge is 0.0302 e. The minimum absolute atomic E-state index is 0.713. The molecule has 2 nitrogen and oxygen atoms in total. The molecule has 0 unspecified atom stereocenters. The Morgan fingerprint density at radius 2 is 2.14 bits per heavy atom. The Hall–Kier alpha value is -0.0800. The van der Waals surface area contributed by atoms with Crippen molar-refractivity contribution < 1.29 is 0 Å². The molecule has 0 aliphatic heterocycles. The lowest BCUT2D eigenvalue weighted by Crippen LogP contribution is -2.23. The first-order chi connectivity index (χ1) is 3.27. The molecule has 0 aliphatic rings. The number of nitrogens with two attached hydrogens (primary N) is 1. The SMILES string of the molecule is C[C](C)NCCN. The van der Waals surface area contributed by atoms with E-state index in [4.69, 9.17) is 5.73 Å². The van der Waals surface area contributed by atoms with Gasteiger partial charge in [0.2, 0.25) is 0 Å². The standard InChI is InChI=1S/C5H13N2/c1-5(2)7-4-3-6/h7H,3-4,6H2,1-2H3. The quantitative estimate of drug-likeness (QED) is 0.529. The Morgan fingerprint density at radius 3 is 2.29 bits per heavy atom. The molecule has 0 aromatic rings. The van der Waals surface area contributed by atoms with Crippen LogP contribution in [0.15, 0.2) is 0 Å². The van der Waals surface area contributed by atoms with Crippen LogP contribution in [0.25, 0.3) is 0 Å². The van der Waals surface area contributed by atoms with Crippen molar-refractivity contribution in [1.29, 1.82) is 0 Å². The second-order valence-corrected chi connectivity index (χ2v) is 1.72. The first-order valence-electron chi connectivity index (χ1n) is 2.51. The summed E-state index contributed by atoms with van der Waals surface area (Å²) < 4.78 is 0. The lowest BCUT2D eigenvalue weighted by Gasteiger charge is -2.02. The second-order valence-electron chi connectivity index (χ2n) is 1.72. The zero-order chi connectivity index (χ0) is 5.70. The lowest BCUT2D eigenvalue weighted by molar-refractivity contribution is 0.713. The molecule has 0 atom stereocenters. The fourth-order valence-corrected chi connectivity index (χ4v) is 0.322. The van der Waals surface area contributed by atoms with E-state index < -0.39 is 0 Å². The van der Waals surface area contributed by atoms with Gasteiger partial charge < -0.3 is 11.1 Å². The average Bonchev–Trinajstić information content (AvgIpc) is 1.61. The third-order valence-corrected chi connectivity index (χ3v) is 0.623. The highest BCUT2D eigenvalue weighted by molar-refractivity contribution is 4.71. The molecule has 0 amide bonds. The Kier molecular flexibility index (Phi) is 4.04. The van der Waals surface area contributed by atoms with E-state index in [1.165, 1.54) is 6.04 Å². The van der Waals surface area contributed by atoms with Crippen molar-refractivity contribution in [2.45, 2.75) is 13.8 Å². The molecule has 0 fully saturated rings. The monoisotopic (exact) mass is 101 g/mol. The van der Waals surface area contributed by atoms with Crippen LogP contribution in [0, 0.1) is 6.04 Å². The van der Waals surface area contributed by atoms with E-state index in [-0.39, 0.29) is 0 Å². The number of nitrogens with one attached hydrogen (secondary N) is 1. The molecule has 0 saturated carbocycles. The van der Waals surface area contributed by atoms with Crippen molar-refractivity contribution in [2.75, 3.05) is 13.1 Å². The van der Waals surface area contributed by atoms with Gasteiger partial charge >= 0.3 is 0 Å². The van der Waals surface area contributed by atoms with Gasteiger partial charge in [0.15, 0.2) is 0 Å². The van der Waals surface area contributed by atoms with Gasteiger partial charge in [0, 0.05) is 19.1 Å². The van der Waals surface area contributed by atoms with Crippen LogP contribution in [0.3, 0.4) is 0 Å². The molecule has 0 heterocycles. The Bertz CT molecular complexity index is 35.1. The maximum Gasteiger partial charge on any atom is 0.0302 e. The third-order valence-electron chi connectivity index (χ3n) is 0.623. The van der Waals surface area contributed by atoms with Crippen molar-refractivity contribution in [1.82, 2.24) is 5.32 Å². The Labute approximate surface area is 45.1 Å². The maximum atomic E-state index is 5.20. The van der Waals surface area contributed by atoms with Crippen molar-refractivity contribution >= 4 is 0 Å². The van der Waals surface area contributed by atoms with Gasteiger partial charge in [0.25, 0.3) is 0 Å². The summed E-state index contributed by atoms with van der Waals surface area (Å²) in [6.45, 7) is 5.65. The van der Waals surface area contributed by atoms with E-state index in [0.717, 1.165) is 6.54 Å². The number of hydrogen-bond acceptors (Lipinski definition) is 2. The Morgan fingerprint density at radius 1 is 1.57 bits per heavy atom. The molecular weight excluding hydrogens is 88.1 g/mol. The van der Waals surface area contributed by atoms with E-state index in [9.17, 15) is 0 Å². The zero-order valence-electron chi connectivity index (χ0n) is 4.99. The predicted molar refractivity (Wildman–Crippen MR) is 31.6 cm³/mol. The molecule has 3 N–H and O–H groups in total. The normalized spacial score (nSPS) is 10.3. The van der Waals surface area contributed by atoms with Crippen molar-refractivity contribution in [3.63, 3.8) is 0 Å². The molecule has 0 spiro atoms. The van der Waals surface area contributed by atoms with Gasteiger partial charge in [0.05, 0.1) is 0 Å². The molecule has 0 aromatic heterocycles. The summed E-state index contributed by atoms with van der Waals surface area (Å²) in [4.78, 5) is 0. The van der Waals surface area contributed by atoms with Crippen LogP contribution >= 0.6 is 0 Å². The van der Waals surface area contributed by atoms with Gasteiger partial charge in [0.1, 0.15) is 0 Å². The largest absolute Gasteiger partial charge is 0.329 e. The van der Waals surface area contributed by atoms with E-state index in [2.05, 4.69) is 5.32 Å². The molecule has 0 rings (SSSR count). The highest BCUT2D eigenvalue weighted by Crippen LogP contribution is 1.82. The molecule has 0 aromatic carbocycles. The van der Waals surface area contributed by atoms with Gasteiger partial charge in [-0.15, -0.1) is 0 Å². The van der Waals surface area contributed by atoms with Gasteiger partial charge in [-0.05, 0) is 13.8 Å². The molecule has 1 radical (unpaired) electrons. The fraction of sp³-hybridized carbons (Fsp3) is 0.800. The van der Waals surface area contributed by atoms with Crippen molar-refractivity contribution in [2.24, 2.45) is 5.73 Å². The Balaban J connectivity index is 2.68. The minimum atomic E-state index is 0.713. The average molecular weight is 101 g/mol. The van der Waals surface area contributed by atoms with Crippen molar-refractivity contribution in [3.05, 3.63) is 6.04 Å². The van der Waals surface area contributed by atoms with Crippen LogP contribution in [-0.2, 0) is 0 Å². The minimum Gasteiger partial charge on any atom is -0.329 e. The summed E-state index contributed by atoms with van der Waals surface area (Å²) in [6.07, 6.45) is 0. The summed E-state index contributed by atoms with van der Waals surface area (Å²) in [5.74, 6) is 0. The van der Waals surface area contributed by atoms with Crippen LogP contribution in [0.2, 0.25) is 0 Å². The molecule has 43 valence electrons. The first-order valence-corrected chi connectivity index (χ1v) is 2.51. The van der Waals surface area contributed by atoms with Gasteiger partial charge in [-0.1, -0.05) is 0 Å². The van der Waals surface area contributed by atoms with Crippen LogP contribution < -0.4 is 11.1 Å². The summed E-state index contributed by atoms with van der Waals surface area (Å²) in [7, 11) is 0. The zero-order valence-corrected chi connectivity index (χ0v) is 4.99. The molecule has 2 heteroatoms. The lowest BCUT2D eigenvalue weighted by atomic mass is 10.4. The van der Waals surface area contributed by atoms with E-state index >= 15 is 0 Å². The maximum absolute atomic E-state index is 5.20. The van der Waals surface area contributed by atoms with Gasteiger partial charge in [-0.2, -0.15) is 0 Å². The highest BCUT2D eigenvalue weighted by atomic mass is 14.9. The molecule has 0 saturated heterocycles.